The van der Waals surface area contributed by atoms with Crippen molar-refractivity contribution in [1.82, 2.24) is 4.98 Å². The quantitative estimate of drug-likeness (QED) is 0.885. The summed E-state index contributed by atoms with van der Waals surface area (Å²) in [4.78, 5) is 16.5. The highest BCUT2D eigenvalue weighted by Crippen LogP contribution is 2.28. The molecule has 1 fully saturated rings. The molecule has 0 spiro atoms. The number of pyridine rings is 1. The van der Waals surface area contributed by atoms with Crippen molar-refractivity contribution in [1.29, 1.82) is 0 Å². The van der Waals surface area contributed by atoms with Gasteiger partial charge in [0.15, 0.2) is 0 Å². The van der Waals surface area contributed by atoms with Crippen LogP contribution in [0.3, 0.4) is 0 Å². The summed E-state index contributed by atoms with van der Waals surface area (Å²) >= 11 is 5.96. The predicted molar refractivity (Wildman–Crippen MR) is 86.8 cm³/mol. The molecule has 1 aromatic heterocycles. The lowest BCUT2D eigenvalue weighted by Crippen LogP contribution is -2.15. The molecule has 0 bridgehead atoms. The van der Waals surface area contributed by atoms with E-state index in [9.17, 15) is 4.79 Å². The maximum Gasteiger partial charge on any atom is 0.274 e. The predicted octanol–water partition coefficient (Wildman–Crippen LogP) is 3.57. The number of nitrogens with one attached hydrogen (secondary N) is 2. The topological polar surface area (TPSA) is 63.2 Å². The third-order valence-electron chi connectivity index (χ3n) is 3.35. The van der Waals surface area contributed by atoms with Gasteiger partial charge < -0.3 is 15.4 Å². The molecule has 0 aliphatic heterocycles. The van der Waals surface area contributed by atoms with Gasteiger partial charge in [0.1, 0.15) is 11.4 Å². The fourth-order valence-corrected chi connectivity index (χ4v) is 2.24. The molecule has 3 rings (SSSR count). The van der Waals surface area contributed by atoms with Crippen LogP contribution in [0.1, 0.15) is 23.3 Å². The van der Waals surface area contributed by atoms with Crippen LogP contribution in [-0.4, -0.2) is 24.0 Å². The molecule has 2 aromatic rings. The fraction of sp³-hybridized carbons (Fsp3) is 0.250. The van der Waals surface area contributed by atoms with Crippen LogP contribution in [0.15, 0.2) is 36.5 Å². The second-order valence-electron chi connectivity index (χ2n) is 5.15. The zero-order chi connectivity index (χ0) is 15.5. The number of nitrogens with zero attached hydrogens (tertiary/aromatic N) is 1. The molecule has 0 radical (unpaired) electrons. The Balaban J connectivity index is 1.77. The number of halogens is 1. The molecule has 22 heavy (non-hydrogen) atoms. The Kier molecular flexibility index (Phi) is 4.15. The minimum Gasteiger partial charge on any atom is -0.495 e. The number of carbonyl (C=O) groups is 1. The average Bonchev–Trinajstić information content (AvgIpc) is 3.32. The molecule has 1 heterocycles. The highest BCUT2D eigenvalue weighted by atomic mass is 35.5. The number of anilines is 2. The van der Waals surface area contributed by atoms with Crippen molar-refractivity contribution < 1.29 is 9.53 Å². The number of ether oxygens (including phenoxy) is 1. The second kappa shape index (κ2) is 6.23. The van der Waals surface area contributed by atoms with Crippen molar-refractivity contribution >= 4 is 28.9 Å². The van der Waals surface area contributed by atoms with Gasteiger partial charge in [0.2, 0.25) is 0 Å². The van der Waals surface area contributed by atoms with Crippen LogP contribution in [0, 0.1) is 0 Å². The highest BCUT2D eigenvalue weighted by molar-refractivity contribution is 6.31. The summed E-state index contributed by atoms with van der Waals surface area (Å²) in [5, 5.41) is 6.64. The number of rotatable bonds is 5. The number of hydrogen-bond acceptors (Lipinski definition) is 4. The summed E-state index contributed by atoms with van der Waals surface area (Å²) in [6, 6.07) is 9.17. The van der Waals surface area contributed by atoms with Gasteiger partial charge >= 0.3 is 0 Å². The Morgan fingerprint density at radius 2 is 2.14 bits per heavy atom. The van der Waals surface area contributed by atoms with Crippen molar-refractivity contribution in [2.45, 2.75) is 18.9 Å². The van der Waals surface area contributed by atoms with Crippen molar-refractivity contribution in [2.75, 3.05) is 17.7 Å². The first kappa shape index (κ1) is 14.7. The standard InChI is InChI=1S/C16H16ClN3O2/c1-22-15-5-2-10(17)8-13(15)20-16(21)14-9-12(6-7-18-14)19-11-3-4-11/h2,5-9,11H,3-4H2,1H3,(H,18,19)(H,20,21). The number of amides is 1. The molecule has 6 heteroatoms. The zero-order valence-electron chi connectivity index (χ0n) is 12.1. The summed E-state index contributed by atoms with van der Waals surface area (Å²) in [5.41, 5.74) is 1.76. The van der Waals surface area contributed by atoms with E-state index in [1.807, 2.05) is 6.07 Å². The molecule has 5 nitrogen and oxygen atoms in total. The molecule has 1 aromatic carbocycles. The van der Waals surface area contributed by atoms with Crippen LogP contribution in [0.5, 0.6) is 5.75 Å². The van der Waals surface area contributed by atoms with Crippen LogP contribution < -0.4 is 15.4 Å². The molecule has 0 atom stereocenters. The molecule has 1 saturated carbocycles. The molecule has 114 valence electrons. The van der Waals surface area contributed by atoms with Crippen LogP contribution in [0.4, 0.5) is 11.4 Å². The van der Waals surface area contributed by atoms with Gasteiger partial charge in [-0.25, -0.2) is 0 Å². The Morgan fingerprint density at radius 3 is 2.86 bits per heavy atom. The number of benzene rings is 1. The lowest BCUT2D eigenvalue weighted by molar-refractivity contribution is 0.102. The zero-order valence-corrected chi connectivity index (χ0v) is 12.9. The Labute approximate surface area is 133 Å². The first-order valence-electron chi connectivity index (χ1n) is 7.03. The number of aromatic nitrogens is 1. The van der Waals surface area contributed by atoms with Gasteiger partial charge in [0, 0.05) is 22.9 Å². The molecule has 1 aliphatic carbocycles. The molecule has 1 aliphatic rings. The first-order chi connectivity index (χ1) is 10.7. The SMILES string of the molecule is COc1ccc(Cl)cc1NC(=O)c1cc(NC2CC2)ccn1. The van der Waals surface area contributed by atoms with E-state index in [0.717, 1.165) is 5.69 Å². The lowest BCUT2D eigenvalue weighted by Gasteiger charge is -2.11. The van der Waals surface area contributed by atoms with E-state index in [0.29, 0.717) is 28.2 Å². The third-order valence-corrected chi connectivity index (χ3v) is 3.59. The molecular weight excluding hydrogens is 302 g/mol. The van der Waals surface area contributed by atoms with Gasteiger partial charge in [-0.15, -0.1) is 0 Å². The van der Waals surface area contributed by atoms with Crippen LogP contribution in [0.2, 0.25) is 5.02 Å². The van der Waals surface area contributed by atoms with Gasteiger partial charge in [-0.3, -0.25) is 9.78 Å². The normalized spacial score (nSPS) is 13.5. The molecule has 0 unspecified atom stereocenters. The molecule has 0 saturated heterocycles. The van der Waals surface area contributed by atoms with E-state index in [4.69, 9.17) is 16.3 Å². The van der Waals surface area contributed by atoms with E-state index in [2.05, 4.69) is 15.6 Å². The molecular formula is C16H16ClN3O2. The smallest absolute Gasteiger partial charge is 0.274 e. The number of hydrogen-bond donors (Lipinski definition) is 2. The first-order valence-corrected chi connectivity index (χ1v) is 7.41. The van der Waals surface area contributed by atoms with E-state index < -0.39 is 0 Å². The minimum absolute atomic E-state index is 0.306. The number of carbonyl (C=O) groups excluding carboxylic acids is 1. The maximum atomic E-state index is 12.3. The van der Waals surface area contributed by atoms with Crippen LogP contribution >= 0.6 is 11.6 Å². The number of methoxy groups -OCH3 is 1. The van der Waals surface area contributed by atoms with Crippen molar-refractivity contribution in [2.24, 2.45) is 0 Å². The Morgan fingerprint density at radius 1 is 1.32 bits per heavy atom. The Hall–Kier alpha value is -2.27. The summed E-state index contributed by atoms with van der Waals surface area (Å²) in [5.74, 6) is 0.241. The van der Waals surface area contributed by atoms with Gasteiger partial charge in [0.25, 0.3) is 5.91 Å². The van der Waals surface area contributed by atoms with E-state index in [1.54, 1.807) is 30.5 Å². The van der Waals surface area contributed by atoms with Crippen molar-refractivity contribution in [3.63, 3.8) is 0 Å². The minimum atomic E-state index is -0.306. The lowest BCUT2D eigenvalue weighted by atomic mass is 10.2. The van der Waals surface area contributed by atoms with E-state index >= 15 is 0 Å². The maximum absolute atomic E-state index is 12.3. The van der Waals surface area contributed by atoms with Crippen molar-refractivity contribution in [3.05, 3.63) is 47.2 Å². The highest BCUT2D eigenvalue weighted by Gasteiger charge is 2.21. The van der Waals surface area contributed by atoms with Crippen LogP contribution in [0.25, 0.3) is 0 Å². The van der Waals surface area contributed by atoms with E-state index in [1.165, 1.54) is 20.0 Å². The van der Waals surface area contributed by atoms with E-state index in [-0.39, 0.29) is 5.91 Å². The van der Waals surface area contributed by atoms with Gasteiger partial charge in [0.05, 0.1) is 12.8 Å². The summed E-state index contributed by atoms with van der Waals surface area (Å²) in [6.45, 7) is 0. The molecule has 1 amide bonds. The summed E-state index contributed by atoms with van der Waals surface area (Å²) in [7, 11) is 1.54. The van der Waals surface area contributed by atoms with Gasteiger partial charge in [-0.05, 0) is 43.2 Å². The van der Waals surface area contributed by atoms with Gasteiger partial charge in [-0.2, -0.15) is 0 Å². The monoisotopic (exact) mass is 317 g/mol. The Bertz CT molecular complexity index is 702. The third kappa shape index (κ3) is 3.49. The largest absolute Gasteiger partial charge is 0.495 e. The van der Waals surface area contributed by atoms with Crippen molar-refractivity contribution in [3.8, 4) is 5.75 Å². The average molecular weight is 318 g/mol. The fourth-order valence-electron chi connectivity index (χ4n) is 2.07. The molecule has 2 N–H and O–H groups in total. The summed E-state index contributed by atoms with van der Waals surface area (Å²) in [6.07, 6.45) is 3.96. The van der Waals surface area contributed by atoms with Gasteiger partial charge in [-0.1, -0.05) is 11.6 Å². The second-order valence-corrected chi connectivity index (χ2v) is 5.58. The van der Waals surface area contributed by atoms with Crippen LogP contribution in [-0.2, 0) is 0 Å². The summed E-state index contributed by atoms with van der Waals surface area (Å²) < 4.78 is 5.22.